The average molecular weight is 241 g/mol. The van der Waals surface area contributed by atoms with E-state index in [9.17, 15) is 4.79 Å². The monoisotopic (exact) mass is 241 g/mol. The summed E-state index contributed by atoms with van der Waals surface area (Å²) in [6.45, 7) is 0.626. The number of ether oxygens (including phenoxy) is 1. The van der Waals surface area contributed by atoms with Gasteiger partial charge in [-0.15, -0.1) is 11.3 Å². The molecule has 16 heavy (non-hydrogen) atoms. The molecule has 0 aliphatic heterocycles. The molecule has 1 aliphatic carbocycles. The topological polar surface area (TPSA) is 77.2 Å². The summed E-state index contributed by atoms with van der Waals surface area (Å²) in [5.74, 6) is 5.38. The molecule has 0 atom stereocenters. The zero-order valence-corrected chi connectivity index (χ0v) is 9.97. The Morgan fingerprint density at radius 3 is 3.00 bits per heavy atom. The van der Waals surface area contributed by atoms with Crippen LogP contribution in [0.1, 0.15) is 39.1 Å². The summed E-state index contributed by atoms with van der Waals surface area (Å²) in [5, 5.41) is 0.947. The summed E-state index contributed by atoms with van der Waals surface area (Å²) < 4.78 is 5.00. The van der Waals surface area contributed by atoms with Crippen molar-refractivity contribution in [2.45, 2.75) is 25.2 Å². The lowest BCUT2D eigenvalue weighted by atomic mass is 10.2. The van der Waals surface area contributed by atoms with E-state index in [0.29, 0.717) is 17.4 Å². The van der Waals surface area contributed by atoms with Crippen LogP contribution in [0.3, 0.4) is 0 Å². The maximum Gasteiger partial charge on any atom is 0.277 e. The highest BCUT2D eigenvalue weighted by atomic mass is 32.1. The minimum absolute atomic E-state index is 0.233. The maximum atomic E-state index is 11.6. The minimum atomic E-state index is -0.233. The quantitative estimate of drug-likeness (QED) is 0.454. The lowest BCUT2D eigenvalue weighted by molar-refractivity contribution is 0.0956. The van der Waals surface area contributed by atoms with Gasteiger partial charge in [-0.05, 0) is 12.8 Å². The second-order valence-electron chi connectivity index (χ2n) is 3.81. The number of nitrogens with zero attached hydrogens (tertiary/aromatic N) is 1. The van der Waals surface area contributed by atoms with E-state index in [4.69, 9.17) is 10.6 Å². The van der Waals surface area contributed by atoms with Crippen LogP contribution < -0.4 is 11.3 Å². The van der Waals surface area contributed by atoms with Gasteiger partial charge < -0.3 is 4.74 Å². The van der Waals surface area contributed by atoms with Crippen molar-refractivity contribution < 1.29 is 9.53 Å². The number of carbonyl (C=O) groups excluding carboxylic acids is 1. The van der Waals surface area contributed by atoms with Crippen LogP contribution in [0.5, 0.6) is 0 Å². The summed E-state index contributed by atoms with van der Waals surface area (Å²) in [6, 6.07) is 0. The normalized spacial score (nSPS) is 15.1. The molecule has 1 heterocycles. The van der Waals surface area contributed by atoms with Crippen LogP contribution in [-0.4, -0.2) is 24.6 Å². The average Bonchev–Trinajstić information content (AvgIpc) is 3.06. The SMILES string of the molecule is COCCc1nc(C2CC2)c(C(=O)NN)s1. The van der Waals surface area contributed by atoms with Crippen molar-refractivity contribution in [2.75, 3.05) is 13.7 Å². The molecule has 88 valence electrons. The Labute approximate surface area is 98.0 Å². The molecule has 0 saturated heterocycles. The van der Waals surface area contributed by atoms with Gasteiger partial charge in [0.2, 0.25) is 0 Å². The van der Waals surface area contributed by atoms with Gasteiger partial charge in [0.15, 0.2) is 0 Å². The van der Waals surface area contributed by atoms with Gasteiger partial charge in [0.05, 0.1) is 17.3 Å². The molecular formula is C10H15N3O2S. The third kappa shape index (κ3) is 2.40. The molecule has 1 aromatic rings. The Morgan fingerprint density at radius 2 is 2.44 bits per heavy atom. The van der Waals surface area contributed by atoms with E-state index in [-0.39, 0.29) is 5.91 Å². The number of amides is 1. The fraction of sp³-hybridized carbons (Fsp3) is 0.600. The van der Waals surface area contributed by atoms with Crippen LogP contribution in [0.15, 0.2) is 0 Å². The van der Waals surface area contributed by atoms with Crippen molar-refractivity contribution in [1.29, 1.82) is 0 Å². The van der Waals surface area contributed by atoms with Gasteiger partial charge in [-0.1, -0.05) is 0 Å². The molecule has 0 radical (unpaired) electrons. The number of thiazole rings is 1. The van der Waals surface area contributed by atoms with Crippen LogP contribution in [0, 0.1) is 0 Å². The van der Waals surface area contributed by atoms with Crippen molar-refractivity contribution in [2.24, 2.45) is 5.84 Å². The number of rotatable bonds is 5. The van der Waals surface area contributed by atoms with Crippen molar-refractivity contribution in [1.82, 2.24) is 10.4 Å². The Morgan fingerprint density at radius 1 is 1.69 bits per heavy atom. The molecule has 0 bridgehead atoms. The molecule has 1 saturated carbocycles. The van der Waals surface area contributed by atoms with Crippen LogP contribution in [-0.2, 0) is 11.2 Å². The lowest BCUT2D eigenvalue weighted by Crippen LogP contribution is -2.30. The fourth-order valence-corrected chi connectivity index (χ4v) is 2.57. The van der Waals surface area contributed by atoms with E-state index in [2.05, 4.69) is 10.4 Å². The highest BCUT2D eigenvalue weighted by molar-refractivity contribution is 7.13. The van der Waals surface area contributed by atoms with E-state index in [0.717, 1.165) is 30.0 Å². The lowest BCUT2D eigenvalue weighted by Gasteiger charge is -1.97. The second kappa shape index (κ2) is 4.90. The number of hydrazine groups is 1. The third-order valence-corrected chi connectivity index (χ3v) is 3.65. The van der Waals surface area contributed by atoms with Crippen molar-refractivity contribution in [3.05, 3.63) is 15.6 Å². The first-order valence-corrected chi connectivity index (χ1v) is 6.07. The number of hydrogen-bond acceptors (Lipinski definition) is 5. The summed E-state index contributed by atoms with van der Waals surface area (Å²) in [4.78, 5) is 16.7. The van der Waals surface area contributed by atoms with E-state index in [1.807, 2.05) is 0 Å². The maximum absolute atomic E-state index is 11.6. The minimum Gasteiger partial charge on any atom is -0.384 e. The Hall–Kier alpha value is -0.980. The van der Waals surface area contributed by atoms with Gasteiger partial charge in [-0.25, -0.2) is 10.8 Å². The molecule has 0 unspecified atom stereocenters. The summed E-state index contributed by atoms with van der Waals surface area (Å²) in [5.41, 5.74) is 3.09. The van der Waals surface area contributed by atoms with Gasteiger partial charge in [0.25, 0.3) is 5.91 Å². The van der Waals surface area contributed by atoms with Crippen LogP contribution in [0.25, 0.3) is 0 Å². The number of methoxy groups -OCH3 is 1. The number of nitrogens with one attached hydrogen (secondary N) is 1. The molecule has 6 heteroatoms. The first-order valence-electron chi connectivity index (χ1n) is 5.25. The highest BCUT2D eigenvalue weighted by Crippen LogP contribution is 2.42. The third-order valence-electron chi connectivity index (χ3n) is 2.52. The van der Waals surface area contributed by atoms with Gasteiger partial charge >= 0.3 is 0 Å². The van der Waals surface area contributed by atoms with Gasteiger partial charge in [-0.2, -0.15) is 0 Å². The van der Waals surface area contributed by atoms with E-state index < -0.39 is 0 Å². The molecule has 1 aliphatic rings. The molecule has 1 fully saturated rings. The van der Waals surface area contributed by atoms with E-state index in [1.165, 1.54) is 11.3 Å². The standard InChI is InChI=1S/C10H15N3O2S/c1-15-5-4-7-12-8(6-2-3-6)9(16-7)10(14)13-11/h6H,2-5,11H2,1H3,(H,13,14). The predicted octanol–water partition coefficient (Wildman–Crippen LogP) is 0.813. The number of nitrogens with two attached hydrogens (primary N) is 1. The van der Waals surface area contributed by atoms with E-state index in [1.54, 1.807) is 7.11 Å². The fourth-order valence-electron chi connectivity index (χ4n) is 1.54. The van der Waals surface area contributed by atoms with Crippen molar-refractivity contribution in [3.63, 3.8) is 0 Å². The van der Waals surface area contributed by atoms with Gasteiger partial charge in [0, 0.05) is 19.4 Å². The Kier molecular flexibility index (Phi) is 3.52. The number of aromatic nitrogens is 1. The molecule has 1 amide bonds. The largest absolute Gasteiger partial charge is 0.384 e. The number of hydrogen-bond donors (Lipinski definition) is 2. The Bertz CT molecular complexity index is 387. The predicted molar refractivity (Wildman–Crippen MR) is 61.3 cm³/mol. The molecular weight excluding hydrogens is 226 g/mol. The van der Waals surface area contributed by atoms with Crippen molar-refractivity contribution >= 4 is 17.2 Å². The highest BCUT2D eigenvalue weighted by Gasteiger charge is 2.31. The molecule has 1 aromatic heterocycles. The second-order valence-corrected chi connectivity index (χ2v) is 4.90. The first kappa shape index (κ1) is 11.5. The number of nitrogen functional groups attached to an aromatic ring is 1. The first-order chi connectivity index (χ1) is 7.76. The summed E-state index contributed by atoms with van der Waals surface area (Å²) >= 11 is 1.42. The molecule has 3 N–H and O–H groups in total. The zero-order chi connectivity index (χ0) is 11.5. The number of carbonyl (C=O) groups is 1. The van der Waals surface area contributed by atoms with Crippen LogP contribution >= 0.6 is 11.3 Å². The van der Waals surface area contributed by atoms with Crippen molar-refractivity contribution in [3.8, 4) is 0 Å². The van der Waals surface area contributed by atoms with Crippen LogP contribution in [0.4, 0.5) is 0 Å². The van der Waals surface area contributed by atoms with Crippen LogP contribution in [0.2, 0.25) is 0 Å². The van der Waals surface area contributed by atoms with Gasteiger partial charge in [0.1, 0.15) is 4.88 Å². The summed E-state index contributed by atoms with van der Waals surface area (Å²) in [7, 11) is 1.66. The van der Waals surface area contributed by atoms with E-state index >= 15 is 0 Å². The molecule has 0 spiro atoms. The Balaban J connectivity index is 2.19. The van der Waals surface area contributed by atoms with Gasteiger partial charge in [-0.3, -0.25) is 10.2 Å². The molecule has 5 nitrogen and oxygen atoms in total. The molecule has 0 aromatic carbocycles. The summed E-state index contributed by atoms with van der Waals surface area (Å²) in [6.07, 6.45) is 3.00. The zero-order valence-electron chi connectivity index (χ0n) is 9.16. The molecule has 2 rings (SSSR count). The smallest absolute Gasteiger partial charge is 0.277 e.